The number of hydrogen-bond acceptors (Lipinski definition) is 5. The van der Waals surface area contributed by atoms with Crippen LogP contribution in [0, 0.1) is 0 Å². The molecule has 0 aromatic heterocycles. The van der Waals surface area contributed by atoms with E-state index in [1.54, 1.807) is 30.3 Å². The topological polar surface area (TPSA) is 93.7 Å². The molecule has 0 spiro atoms. The number of rotatable bonds is 7. The normalized spacial score (nSPS) is 14.2. The van der Waals surface area contributed by atoms with Crippen molar-refractivity contribution in [3.05, 3.63) is 48.0 Å². The van der Waals surface area contributed by atoms with Crippen molar-refractivity contribution in [2.45, 2.75) is 37.6 Å². The van der Waals surface area contributed by atoms with E-state index in [9.17, 15) is 13.2 Å². The largest absolute Gasteiger partial charge is 0.486 e. The fourth-order valence-electron chi connectivity index (χ4n) is 2.91. The van der Waals surface area contributed by atoms with Crippen LogP contribution in [0.2, 0.25) is 0 Å². The standard InChI is InChI=1S/C20H24N2O5S/c1-3-4-14(2)21-20(23)15-5-7-16(8-6-15)22-28(24,25)17-9-10-18-19(13-17)27-12-11-26-18/h5-10,13-14,22H,3-4,11-12H2,1-2H3,(H,21,23). The lowest BCUT2D eigenvalue weighted by Crippen LogP contribution is -2.32. The molecule has 0 saturated carbocycles. The summed E-state index contributed by atoms with van der Waals surface area (Å²) >= 11 is 0. The van der Waals surface area contributed by atoms with Crippen LogP contribution in [0.4, 0.5) is 5.69 Å². The minimum Gasteiger partial charge on any atom is -0.486 e. The third-order valence-corrected chi connectivity index (χ3v) is 5.70. The van der Waals surface area contributed by atoms with Crippen molar-refractivity contribution in [2.75, 3.05) is 17.9 Å². The van der Waals surface area contributed by atoms with Gasteiger partial charge >= 0.3 is 0 Å². The van der Waals surface area contributed by atoms with Gasteiger partial charge in [-0.15, -0.1) is 0 Å². The summed E-state index contributed by atoms with van der Waals surface area (Å²) in [6, 6.07) is 10.9. The minimum atomic E-state index is -3.79. The summed E-state index contributed by atoms with van der Waals surface area (Å²) in [5.41, 5.74) is 0.846. The third-order valence-electron chi connectivity index (χ3n) is 4.32. The Morgan fingerprint density at radius 2 is 1.75 bits per heavy atom. The first-order valence-electron chi connectivity index (χ1n) is 9.22. The van der Waals surface area contributed by atoms with Crippen LogP contribution >= 0.6 is 0 Å². The molecule has 0 aliphatic carbocycles. The van der Waals surface area contributed by atoms with Gasteiger partial charge in [-0.3, -0.25) is 9.52 Å². The van der Waals surface area contributed by atoms with Crippen molar-refractivity contribution in [3.8, 4) is 11.5 Å². The second-order valence-electron chi connectivity index (χ2n) is 6.65. The molecule has 2 aromatic carbocycles. The summed E-state index contributed by atoms with van der Waals surface area (Å²) in [6.07, 6.45) is 1.89. The molecule has 1 aliphatic rings. The Morgan fingerprint density at radius 1 is 1.07 bits per heavy atom. The third kappa shape index (κ3) is 4.75. The van der Waals surface area contributed by atoms with Gasteiger partial charge in [-0.2, -0.15) is 0 Å². The Kier molecular flexibility index (Phi) is 6.08. The van der Waals surface area contributed by atoms with Crippen molar-refractivity contribution in [1.82, 2.24) is 5.32 Å². The number of nitrogens with one attached hydrogen (secondary N) is 2. The first-order chi connectivity index (χ1) is 13.4. The molecule has 0 fully saturated rings. The molecule has 3 rings (SSSR count). The molecule has 0 saturated heterocycles. The smallest absolute Gasteiger partial charge is 0.262 e. The quantitative estimate of drug-likeness (QED) is 0.739. The van der Waals surface area contributed by atoms with Crippen molar-refractivity contribution in [1.29, 1.82) is 0 Å². The van der Waals surface area contributed by atoms with Crippen LogP contribution in [0.3, 0.4) is 0 Å². The highest BCUT2D eigenvalue weighted by Gasteiger charge is 2.19. The van der Waals surface area contributed by atoms with Crippen LogP contribution < -0.4 is 19.5 Å². The van der Waals surface area contributed by atoms with Crippen LogP contribution in [0.15, 0.2) is 47.4 Å². The number of anilines is 1. The number of sulfonamides is 1. The molecule has 0 bridgehead atoms. The van der Waals surface area contributed by atoms with Gasteiger partial charge in [0.1, 0.15) is 13.2 Å². The molecule has 1 heterocycles. The van der Waals surface area contributed by atoms with Gasteiger partial charge in [0.2, 0.25) is 0 Å². The summed E-state index contributed by atoms with van der Waals surface area (Å²) in [4.78, 5) is 12.3. The summed E-state index contributed by atoms with van der Waals surface area (Å²) in [5, 5.41) is 2.92. The van der Waals surface area contributed by atoms with Crippen LogP contribution in [0.25, 0.3) is 0 Å². The van der Waals surface area contributed by atoms with Gasteiger partial charge in [0, 0.05) is 23.4 Å². The molecule has 8 heteroatoms. The predicted molar refractivity (Wildman–Crippen MR) is 107 cm³/mol. The molecule has 2 N–H and O–H groups in total. The van der Waals surface area contributed by atoms with E-state index in [1.165, 1.54) is 12.1 Å². The lowest BCUT2D eigenvalue weighted by molar-refractivity contribution is 0.0938. The molecular formula is C20H24N2O5S. The van der Waals surface area contributed by atoms with Crippen molar-refractivity contribution in [2.24, 2.45) is 0 Å². The Hall–Kier alpha value is -2.74. The fraction of sp³-hybridized carbons (Fsp3) is 0.350. The minimum absolute atomic E-state index is 0.0759. The maximum Gasteiger partial charge on any atom is 0.262 e. The highest BCUT2D eigenvalue weighted by atomic mass is 32.2. The molecular weight excluding hydrogens is 380 g/mol. The van der Waals surface area contributed by atoms with Crippen LogP contribution in [0.1, 0.15) is 37.0 Å². The highest BCUT2D eigenvalue weighted by molar-refractivity contribution is 7.92. The number of carbonyl (C=O) groups excluding carboxylic acids is 1. The Balaban J connectivity index is 1.70. The fourth-order valence-corrected chi connectivity index (χ4v) is 3.98. The summed E-state index contributed by atoms with van der Waals surface area (Å²) in [6.45, 7) is 4.83. The van der Waals surface area contributed by atoms with E-state index in [1.807, 2.05) is 6.92 Å². The summed E-state index contributed by atoms with van der Waals surface area (Å²) in [5.74, 6) is 0.752. The zero-order valence-electron chi connectivity index (χ0n) is 15.9. The Bertz CT molecular complexity index is 942. The average Bonchev–Trinajstić information content (AvgIpc) is 2.68. The number of hydrogen-bond donors (Lipinski definition) is 2. The van der Waals surface area contributed by atoms with Crippen molar-refractivity contribution >= 4 is 21.6 Å². The summed E-state index contributed by atoms with van der Waals surface area (Å²) in [7, 11) is -3.79. The molecule has 2 aromatic rings. The van der Waals surface area contributed by atoms with Gasteiger partial charge in [0.15, 0.2) is 11.5 Å². The van der Waals surface area contributed by atoms with E-state index >= 15 is 0 Å². The number of carbonyl (C=O) groups is 1. The first-order valence-corrected chi connectivity index (χ1v) is 10.7. The number of fused-ring (bicyclic) bond motifs is 1. The SMILES string of the molecule is CCCC(C)NC(=O)c1ccc(NS(=O)(=O)c2ccc3c(c2)OCCO3)cc1. The highest BCUT2D eigenvalue weighted by Crippen LogP contribution is 2.32. The van der Waals surface area contributed by atoms with E-state index in [0.29, 0.717) is 36.0 Å². The Labute approximate surface area is 165 Å². The average molecular weight is 404 g/mol. The van der Waals surface area contributed by atoms with Gasteiger partial charge < -0.3 is 14.8 Å². The number of amides is 1. The zero-order valence-corrected chi connectivity index (χ0v) is 16.7. The Morgan fingerprint density at radius 3 is 2.43 bits per heavy atom. The zero-order chi connectivity index (χ0) is 20.1. The lowest BCUT2D eigenvalue weighted by Gasteiger charge is -2.19. The van der Waals surface area contributed by atoms with Crippen LogP contribution in [-0.4, -0.2) is 33.6 Å². The molecule has 1 atom stereocenters. The maximum absolute atomic E-state index is 12.6. The molecule has 1 unspecified atom stereocenters. The number of ether oxygens (including phenoxy) is 2. The molecule has 1 aliphatic heterocycles. The molecule has 28 heavy (non-hydrogen) atoms. The second kappa shape index (κ2) is 8.52. The van der Waals surface area contributed by atoms with Gasteiger partial charge in [-0.1, -0.05) is 13.3 Å². The van der Waals surface area contributed by atoms with E-state index in [-0.39, 0.29) is 16.8 Å². The van der Waals surface area contributed by atoms with E-state index < -0.39 is 10.0 Å². The van der Waals surface area contributed by atoms with Gasteiger partial charge in [-0.25, -0.2) is 8.42 Å². The van der Waals surface area contributed by atoms with Crippen LogP contribution in [-0.2, 0) is 10.0 Å². The molecule has 0 radical (unpaired) electrons. The first kappa shape index (κ1) is 20.0. The second-order valence-corrected chi connectivity index (χ2v) is 8.33. The maximum atomic E-state index is 12.6. The van der Waals surface area contributed by atoms with Crippen molar-refractivity contribution in [3.63, 3.8) is 0 Å². The summed E-state index contributed by atoms with van der Waals surface area (Å²) < 4.78 is 38.6. The number of benzene rings is 2. The van der Waals surface area contributed by atoms with Gasteiger partial charge in [0.25, 0.3) is 15.9 Å². The van der Waals surface area contributed by atoms with Gasteiger partial charge in [-0.05, 0) is 49.7 Å². The molecule has 7 nitrogen and oxygen atoms in total. The molecule has 1 amide bonds. The van der Waals surface area contributed by atoms with E-state index in [2.05, 4.69) is 17.0 Å². The van der Waals surface area contributed by atoms with E-state index in [4.69, 9.17) is 9.47 Å². The van der Waals surface area contributed by atoms with Crippen LogP contribution in [0.5, 0.6) is 11.5 Å². The predicted octanol–water partition coefficient (Wildman–Crippen LogP) is 3.18. The lowest BCUT2D eigenvalue weighted by atomic mass is 10.1. The monoisotopic (exact) mass is 404 g/mol. The molecule has 150 valence electrons. The van der Waals surface area contributed by atoms with Gasteiger partial charge in [0.05, 0.1) is 4.90 Å². The van der Waals surface area contributed by atoms with E-state index in [0.717, 1.165) is 12.8 Å². The van der Waals surface area contributed by atoms with Crippen molar-refractivity contribution < 1.29 is 22.7 Å².